The molecular formula is C15H21NO4S. The Balaban J connectivity index is 2.15. The number of nitrogens with one attached hydrogen (secondary N) is 1. The van der Waals surface area contributed by atoms with Crippen molar-refractivity contribution in [1.82, 2.24) is 5.32 Å². The predicted octanol–water partition coefficient (Wildman–Crippen LogP) is 2.79. The van der Waals surface area contributed by atoms with Gasteiger partial charge in [-0.3, -0.25) is 4.79 Å². The van der Waals surface area contributed by atoms with Crippen molar-refractivity contribution in [3.63, 3.8) is 0 Å². The summed E-state index contributed by atoms with van der Waals surface area (Å²) < 4.78 is 5.59. The average molecular weight is 311 g/mol. The largest absolute Gasteiger partial charge is 0.479 e. The number of amides is 1. The van der Waals surface area contributed by atoms with E-state index in [0.717, 1.165) is 17.7 Å². The third-order valence-electron chi connectivity index (χ3n) is 3.23. The normalized spacial score (nSPS) is 16.4. The number of carbonyl (C=O) groups excluding carboxylic acids is 1. The summed E-state index contributed by atoms with van der Waals surface area (Å²) in [5, 5.41) is 12.1. The smallest absolute Gasteiger partial charge is 0.349 e. The third-order valence-corrected chi connectivity index (χ3v) is 4.76. The van der Waals surface area contributed by atoms with Crippen LogP contribution in [0.3, 0.4) is 0 Å². The van der Waals surface area contributed by atoms with Gasteiger partial charge < -0.3 is 15.2 Å². The number of rotatable bonds is 5. The first-order valence-corrected chi connectivity index (χ1v) is 7.84. The van der Waals surface area contributed by atoms with Crippen molar-refractivity contribution < 1.29 is 19.4 Å². The number of carboxylic acids is 1. The van der Waals surface area contributed by atoms with Gasteiger partial charge in [0.05, 0.1) is 0 Å². The fourth-order valence-corrected chi connectivity index (χ4v) is 2.76. The van der Waals surface area contributed by atoms with E-state index in [9.17, 15) is 14.7 Å². The van der Waals surface area contributed by atoms with E-state index in [1.54, 1.807) is 13.0 Å². The number of aromatic carboxylic acids is 1. The van der Waals surface area contributed by atoms with E-state index in [0.29, 0.717) is 0 Å². The van der Waals surface area contributed by atoms with Gasteiger partial charge in [-0.25, -0.2) is 4.79 Å². The second-order valence-electron chi connectivity index (χ2n) is 6.40. The van der Waals surface area contributed by atoms with Gasteiger partial charge in [-0.1, -0.05) is 20.8 Å². The standard InChI is InChI=1S/C15H21NO4S/c1-8(13(17)16-9-5-6-9)20-10-7-11(15(2,3)4)21-12(10)14(18)19/h7-9H,5-6H2,1-4H3,(H,16,17)(H,18,19). The van der Waals surface area contributed by atoms with E-state index in [2.05, 4.69) is 5.32 Å². The quantitative estimate of drug-likeness (QED) is 0.876. The maximum Gasteiger partial charge on any atom is 0.349 e. The maximum absolute atomic E-state index is 11.9. The molecule has 1 heterocycles. The van der Waals surface area contributed by atoms with E-state index < -0.39 is 12.1 Å². The molecule has 0 aromatic carbocycles. The van der Waals surface area contributed by atoms with Gasteiger partial charge in [-0.15, -0.1) is 11.3 Å². The lowest BCUT2D eigenvalue weighted by Crippen LogP contribution is -2.37. The minimum Gasteiger partial charge on any atom is -0.479 e. The van der Waals surface area contributed by atoms with Gasteiger partial charge in [0.2, 0.25) is 0 Å². The van der Waals surface area contributed by atoms with Crippen LogP contribution in [0.15, 0.2) is 6.07 Å². The Bertz CT molecular complexity index is 555. The van der Waals surface area contributed by atoms with Crippen LogP contribution in [0.1, 0.15) is 55.1 Å². The first-order valence-electron chi connectivity index (χ1n) is 7.03. The van der Waals surface area contributed by atoms with Gasteiger partial charge >= 0.3 is 5.97 Å². The molecule has 21 heavy (non-hydrogen) atoms. The van der Waals surface area contributed by atoms with Crippen LogP contribution in [0, 0.1) is 0 Å². The Kier molecular flexibility index (Phi) is 4.27. The van der Waals surface area contributed by atoms with Crippen molar-refractivity contribution in [1.29, 1.82) is 0 Å². The lowest BCUT2D eigenvalue weighted by atomic mass is 9.95. The molecule has 0 saturated heterocycles. The average Bonchev–Trinajstić information content (AvgIpc) is 3.04. The summed E-state index contributed by atoms with van der Waals surface area (Å²) in [6, 6.07) is 1.99. The van der Waals surface area contributed by atoms with Crippen LogP contribution in [-0.2, 0) is 10.2 Å². The summed E-state index contributed by atoms with van der Waals surface area (Å²) in [6.07, 6.45) is 1.31. The monoisotopic (exact) mass is 311 g/mol. The molecule has 0 radical (unpaired) electrons. The Morgan fingerprint density at radius 2 is 2.05 bits per heavy atom. The summed E-state index contributed by atoms with van der Waals surface area (Å²) in [6.45, 7) is 7.67. The van der Waals surface area contributed by atoms with E-state index in [1.807, 2.05) is 20.8 Å². The molecule has 1 saturated carbocycles. The maximum atomic E-state index is 11.9. The number of carboxylic acid groups (broad SMARTS) is 1. The molecule has 1 aliphatic carbocycles. The summed E-state index contributed by atoms with van der Waals surface area (Å²) in [5.74, 6) is -0.950. The van der Waals surface area contributed by atoms with Crippen molar-refractivity contribution in [2.24, 2.45) is 0 Å². The molecule has 5 nitrogen and oxygen atoms in total. The fourth-order valence-electron chi connectivity index (χ4n) is 1.77. The van der Waals surface area contributed by atoms with Crippen LogP contribution in [0.5, 0.6) is 5.75 Å². The highest BCUT2D eigenvalue weighted by Gasteiger charge is 2.29. The zero-order chi connectivity index (χ0) is 15.8. The molecule has 0 bridgehead atoms. The number of carbonyl (C=O) groups is 2. The highest BCUT2D eigenvalue weighted by molar-refractivity contribution is 7.14. The Morgan fingerprint density at radius 1 is 1.43 bits per heavy atom. The van der Waals surface area contributed by atoms with Crippen molar-refractivity contribution >= 4 is 23.2 Å². The number of hydrogen-bond acceptors (Lipinski definition) is 4. The summed E-state index contributed by atoms with van der Waals surface area (Å²) >= 11 is 1.20. The zero-order valence-electron chi connectivity index (χ0n) is 12.7. The molecule has 1 aliphatic rings. The molecule has 116 valence electrons. The number of ether oxygens (including phenoxy) is 1. The van der Waals surface area contributed by atoms with Gasteiger partial charge in [0.1, 0.15) is 5.75 Å². The van der Waals surface area contributed by atoms with E-state index in [1.165, 1.54) is 11.3 Å². The Hall–Kier alpha value is -1.56. The lowest BCUT2D eigenvalue weighted by molar-refractivity contribution is -0.127. The summed E-state index contributed by atoms with van der Waals surface area (Å²) in [4.78, 5) is 24.3. The SMILES string of the molecule is CC(Oc1cc(C(C)(C)C)sc1C(=O)O)C(=O)NC1CC1. The first-order chi connectivity index (χ1) is 9.68. The van der Waals surface area contributed by atoms with Crippen molar-refractivity contribution in [3.05, 3.63) is 15.8 Å². The van der Waals surface area contributed by atoms with Crippen molar-refractivity contribution in [3.8, 4) is 5.75 Å². The molecule has 1 aromatic rings. The molecule has 0 spiro atoms. The van der Waals surface area contributed by atoms with E-state index >= 15 is 0 Å². The molecule has 1 amide bonds. The fraction of sp³-hybridized carbons (Fsp3) is 0.600. The second-order valence-corrected chi connectivity index (χ2v) is 7.45. The molecule has 1 unspecified atom stereocenters. The molecule has 1 atom stereocenters. The van der Waals surface area contributed by atoms with E-state index in [4.69, 9.17) is 4.74 Å². The van der Waals surface area contributed by atoms with Crippen LogP contribution < -0.4 is 10.1 Å². The molecule has 0 aliphatic heterocycles. The second kappa shape index (κ2) is 5.67. The summed E-state index contributed by atoms with van der Waals surface area (Å²) in [5.41, 5.74) is -0.157. The highest BCUT2D eigenvalue weighted by Crippen LogP contribution is 2.37. The van der Waals surface area contributed by atoms with Crippen molar-refractivity contribution in [2.75, 3.05) is 0 Å². The number of thiophene rings is 1. The minimum absolute atomic E-state index is 0.144. The Morgan fingerprint density at radius 3 is 2.52 bits per heavy atom. The molecule has 2 N–H and O–H groups in total. The topological polar surface area (TPSA) is 75.6 Å². The predicted molar refractivity (Wildman–Crippen MR) is 81.2 cm³/mol. The van der Waals surface area contributed by atoms with Gasteiger partial charge in [0.15, 0.2) is 11.0 Å². The minimum atomic E-state index is -1.03. The molecular weight excluding hydrogens is 290 g/mol. The van der Waals surface area contributed by atoms with Gasteiger partial charge in [0.25, 0.3) is 5.91 Å². The van der Waals surface area contributed by atoms with Crippen LogP contribution >= 0.6 is 11.3 Å². The lowest BCUT2D eigenvalue weighted by Gasteiger charge is -2.15. The van der Waals surface area contributed by atoms with Crippen LogP contribution in [-0.4, -0.2) is 29.1 Å². The Labute approximate surface area is 128 Å². The van der Waals surface area contributed by atoms with E-state index in [-0.39, 0.29) is 28.0 Å². The number of hydrogen-bond donors (Lipinski definition) is 2. The first kappa shape index (κ1) is 15.8. The van der Waals surface area contributed by atoms with Crippen LogP contribution in [0.25, 0.3) is 0 Å². The zero-order valence-corrected chi connectivity index (χ0v) is 13.5. The van der Waals surface area contributed by atoms with Crippen molar-refractivity contribution in [2.45, 2.75) is 58.1 Å². The van der Waals surface area contributed by atoms with Gasteiger partial charge in [0, 0.05) is 10.9 Å². The van der Waals surface area contributed by atoms with Crippen LogP contribution in [0.2, 0.25) is 0 Å². The summed E-state index contributed by atoms with van der Waals surface area (Å²) in [7, 11) is 0. The molecule has 1 aromatic heterocycles. The molecule has 2 rings (SSSR count). The molecule has 6 heteroatoms. The third kappa shape index (κ3) is 3.97. The highest BCUT2D eigenvalue weighted by atomic mass is 32.1. The van der Waals surface area contributed by atoms with Gasteiger partial charge in [-0.05, 0) is 31.2 Å². The van der Waals surface area contributed by atoms with Crippen LogP contribution in [0.4, 0.5) is 0 Å². The molecule has 1 fully saturated rings. The van der Waals surface area contributed by atoms with Gasteiger partial charge in [-0.2, -0.15) is 0 Å².